The fourth-order valence-corrected chi connectivity index (χ4v) is 1.37. The summed E-state index contributed by atoms with van der Waals surface area (Å²) in [6.45, 7) is 5.85. The SMILES string of the molecule is COc1cc(/C=C/C(=O)O)ccc1OC(C)(C)C. The Kier molecular flexibility index (Phi) is 4.37. The predicted molar refractivity (Wildman–Crippen MR) is 70.0 cm³/mol. The molecule has 0 spiro atoms. The molecule has 0 aliphatic heterocycles. The third kappa shape index (κ3) is 4.49. The van der Waals surface area contributed by atoms with Crippen LogP contribution in [0.2, 0.25) is 0 Å². The van der Waals surface area contributed by atoms with Gasteiger partial charge < -0.3 is 14.6 Å². The number of rotatable bonds is 4. The average Bonchev–Trinajstić information content (AvgIpc) is 2.25. The van der Waals surface area contributed by atoms with Crippen molar-refractivity contribution >= 4 is 12.0 Å². The van der Waals surface area contributed by atoms with Crippen LogP contribution in [0.15, 0.2) is 24.3 Å². The first kappa shape index (κ1) is 14.1. The number of carboxylic acids is 1. The van der Waals surface area contributed by atoms with Crippen LogP contribution < -0.4 is 9.47 Å². The first-order valence-electron chi connectivity index (χ1n) is 5.60. The standard InChI is InChI=1S/C14H18O4/c1-14(2,3)18-11-7-5-10(6-8-13(15)16)9-12(11)17-4/h5-9H,1-4H3,(H,15,16)/b8-6+. The largest absolute Gasteiger partial charge is 0.493 e. The highest BCUT2D eigenvalue weighted by molar-refractivity contribution is 5.85. The summed E-state index contributed by atoms with van der Waals surface area (Å²) in [5, 5.41) is 8.57. The van der Waals surface area contributed by atoms with Crippen LogP contribution in [0.5, 0.6) is 11.5 Å². The van der Waals surface area contributed by atoms with Crippen molar-refractivity contribution in [2.45, 2.75) is 26.4 Å². The molecular weight excluding hydrogens is 232 g/mol. The molecule has 1 aromatic rings. The van der Waals surface area contributed by atoms with Gasteiger partial charge in [0.1, 0.15) is 5.60 Å². The van der Waals surface area contributed by atoms with Crippen LogP contribution in [0.4, 0.5) is 0 Å². The molecule has 0 amide bonds. The van der Waals surface area contributed by atoms with Crippen molar-refractivity contribution in [2.75, 3.05) is 7.11 Å². The van der Waals surface area contributed by atoms with E-state index in [4.69, 9.17) is 14.6 Å². The van der Waals surface area contributed by atoms with Crippen molar-refractivity contribution in [1.82, 2.24) is 0 Å². The van der Waals surface area contributed by atoms with Crippen molar-refractivity contribution in [3.8, 4) is 11.5 Å². The molecule has 4 nitrogen and oxygen atoms in total. The van der Waals surface area contributed by atoms with Crippen LogP contribution in [0.25, 0.3) is 6.08 Å². The molecule has 0 aliphatic rings. The molecule has 0 saturated heterocycles. The molecule has 1 rings (SSSR count). The topological polar surface area (TPSA) is 55.8 Å². The molecule has 0 atom stereocenters. The van der Waals surface area contributed by atoms with Gasteiger partial charge in [0.15, 0.2) is 11.5 Å². The van der Waals surface area contributed by atoms with Gasteiger partial charge >= 0.3 is 5.97 Å². The highest BCUT2D eigenvalue weighted by atomic mass is 16.5. The summed E-state index contributed by atoms with van der Waals surface area (Å²) >= 11 is 0. The van der Waals surface area contributed by atoms with E-state index in [-0.39, 0.29) is 5.60 Å². The molecule has 0 bridgehead atoms. The van der Waals surface area contributed by atoms with Crippen LogP contribution >= 0.6 is 0 Å². The third-order valence-electron chi connectivity index (χ3n) is 2.02. The number of carbonyl (C=O) groups is 1. The number of aliphatic carboxylic acids is 1. The Morgan fingerprint density at radius 1 is 1.28 bits per heavy atom. The fraction of sp³-hybridized carbons (Fsp3) is 0.357. The van der Waals surface area contributed by atoms with Crippen LogP contribution in [-0.4, -0.2) is 23.8 Å². The minimum atomic E-state index is -0.982. The van der Waals surface area contributed by atoms with Gasteiger partial charge in [-0.25, -0.2) is 4.79 Å². The molecule has 0 heterocycles. The fourth-order valence-electron chi connectivity index (χ4n) is 1.37. The van der Waals surface area contributed by atoms with Crippen LogP contribution in [0.1, 0.15) is 26.3 Å². The second-order valence-corrected chi connectivity index (χ2v) is 4.80. The van der Waals surface area contributed by atoms with E-state index in [2.05, 4.69) is 0 Å². The summed E-state index contributed by atoms with van der Waals surface area (Å²) in [6.07, 6.45) is 2.59. The molecule has 4 heteroatoms. The molecule has 0 aromatic heterocycles. The van der Waals surface area contributed by atoms with Gasteiger partial charge in [0.05, 0.1) is 7.11 Å². The van der Waals surface area contributed by atoms with Crippen molar-refractivity contribution in [1.29, 1.82) is 0 Å². The lowest BCUT2D eigenvalue weighted by atomic mass is 10.1. The minimum Gasteiger partial charge on any atom is -0.493 e. The normalized spacial score (nSPS) is 11.6. The Bertz CT molecular complexity index is 455. The molecule has 0 unspecified atom stereocenters. The maximum Gasteiger partial charge on any atom is 0.328 e. The summed E-state index contributed by atoms with van der Waals surface area (Å²) in [5.41, 5.74) is 0.432. The van der Waals surface area contributed by atoms with Crippen molar-refractivity contribution in [2.24, 2.45) is 0 Å². The monoisotopic (exact) mass is 250 g/mol. The molecule has 0 fully saturated rings. The molecule has 0 aliphatic carbocycles. The molecule has 0 radical (unpaired) electrons. The lowest BCUT2D eigenvalue weighted by molar-refractivity contribution is -0.131. The van der Waals surface area contributed by atoms with Gasteiger partial charge in [-0.15, -0.1) is 0 Å². The first-order chi connectivity index (χ1) is 8.31. The Hall–Kier alpha value is -1.97. The maximum atomic E-state index is 10.4. The van der Waals surface area contributed by atoms with Crippen molar-refractivity contribution in [3.05, 3.63) is 29.8 Å². The van der Waals surface area contributed by atoms with Gasteiger partial charge in [0, 0.05) is 6.08 Å². The Morgan fingerprint density at radius 2 is 1.94 bits per heavy atom. The number of methoxy groups -OCH3 is 1. The van der Waals surface area contributed by atoms with Crippen LogP contribution in [0, 0.1) is 0 Å². The van der Waals surface area contributed by atoms with E-state index in [1.165, 1.54) is 6.08 Å². The zero-order valence-electron chi connectivity index (χ0n) is 11.1. The predicted octanol–water partition coefficient (Wildman–Crippen LogP) is 2.97. The molecule has 98 valence electrons. The summed E-state index contributed by atoms with van der Waals surface area (Å²) in [5.74, 6) is 0.235. The molecule has 0 saturated carbocycles. The van der Waals surface area contributed by atoms with Gasteiger partial charge in [-0.3, -0.25) is 0 Å². The lowest BCUT2D eigenvalue weighted by Crippen LogP contribution is -2.23. The van der Waals surface area contributed by atoms with Gasteiger partial charge in [0.2, 0.25) is 0 Å². The number of ether oxygens (including phenoxy) is 2. The van der Waals surface area contributed by atoms with E-state index in [0.717, 1.165) is 11.6 Å². The zero-order valence-corrected chi connectivity index (χ0v) is 11.1. The zero-order chi connectivity index (χ0) is 13.8. The Balaban J connectivity index is 3.00. The summed E-state index contributed by atoms with van der Waals surface area (Å²) in [4.78, 5) is 10.4. The van der Waals surface area contributed by atoms with Gasteiger partial charge in [-0.05, 0) is 44.5 Å². The molecule has 1 N–H and O–H groups in total. The highest BCUT2D eigenvalue weighted by Gasteiger charge is 2.15. The highest BCUT2D eigenvalue weighted by Crippen LogP contribution is 2.31. The lowest BCUT2D eigenvalue weighted by Gasteiger charge is -2.22. The third-order valence-corrected chi connectivity index (χ3v) is 2.02. The second-order valence-electron chi connectivity index (χ2n) is 4.80. The van der Waals surface area contributed by atoms with Crippen LogP contribution in [-0.2, 0) is 4.79 Å². The Morgan fingerprint density at radius 3 is 2.44 bits per heavy atom. The smallest absolute Gasteiger partial charge is 0.328 e. The summed E-state index contributed by atoms with van der Waals surface area (Å²) in [7, 11) is 1.55. The van der Waals surface area contributed by atoms with Crippen molar-refractivity contribution < 1.29 is 19.4 Å². The maximum absolute atomic E-state index is 10.4. The second kappa shape index (κ2) is 5.58. The van der Waals surface area contributed by atoms with Crippen LogP contribution in [0.3, 0.4) is 0 Å². The van der Waals surface area contributed by atoms with E-state index in [0.29, 0.717) is 11.5 Å². The molecule has 1 aromatic carbocycles. The first-order valence-corrected chi connectivity index (χ1v) is 5.60. The van der Waals surface area contributed by atoms with E-state index in [1.54, 1.807) is 25.3 Å². The van der Waals surface area contributed by atoms with Crippen molar-refractivity contribution in [3.63, 3.8) is 0 Å². The quantitative estimate of drug-likeness (QED) is 0.835. The van der Waals surface area contributed by atoms with E-state index in [9.17, 15) is 4.79 Å². The number of hydrogen-bond donors (Lipinski definition) is 1. The average molecular weight is 250 g/mol. The summed E-state index contributed by atoms with van der Waals surface area (Å²) in [6, 6.07) is 5.29. The van der Waals surface area contributed by atoms with E-state index >= 15 is 0 Å². The molecule has 18 heavy (non-hydrogen) atoms. The summed E-state index contributed by atoms with van der Waals surface area (Å²) < 4.78 is 11.0. The number of hydrogen-bond acceptors (Lipinski definition) is 3. The number of carboxylic acid groups (broad SMARTS) is 1. The number of benzene rings is 1. The van der Waals surface area contributed by atoms with Gasteiger partial charge in [-0.2, -0.15) is 0 Å². The Labute approximate surface area is 107 Å². The van der Waals surface area contributed by atoms with E-state index < -0.39 is 5.97 Å². The minimum absolute atomic E-state index is 0.314. The van der Waals surface area contributed by atoms with E-state index in [1.807, 2.05) is 20.8 Å². The molecular formula is C14H18O4. The van der Waals surface area contributed by atoms with Gasteiger partial charge in [-0.1, -0.05) is 6.07 Å². The van der Waals surface area contributed by atoms with Gasteiger partial charge in [0.25, 0.3) is 0 Å².